The van der Waals surface area contributed by atoms with E-state index in [0.717, 1.165) is 4.90 Å². The number of esters is 1. The largest absolute Gasteiger partial charge is 0.493 e. The molecule has 3 rings (SSSR count). The number of fused-ring (bicyclic) bond motifs is 1. The minimum atomic E-state index is -1.12. The first-order valence-corrected chi connectivity index (χ1v) is 6.99. The predicted octanol–water partition coefficient (Wildman–Crippen LogP) is 0.948. The molecule has 0 spiro atoms. The summed E-state index contributed by atoms with van der Waals surface area (Å²) in [4.78, 5) is 36.8. The van der Waals surface area contributed by atoms with E-state index in [1.807, 2.05) is 0 Å². The number of nitrogens with zero attached hydrogens (tertiary/aromatic N) is 1. The molecule has 8 nitrogen and oxygen atoms in total. The number of likely N-dealkylation sites (tertiary alicyclic amines) is 1. The van der Waals surface area contributed by atoms with Crippen molar-refractivity contribution in [2.75, 3.05) is 14.2 Å². The zero-order chi connectivity index (χ0) is 16.7. The monoisotopic (exact) mass is 321 g/mol. The molecule has 1 amide bonds. The fraction of sp³-hybridized carbons (Fsp3) is 0.400. The Morgan fingerprint density at radius 2 is 2.04 bits per heavy atom. The lowest BCUT2D eigenvalue weighted by Gasteiger charge is -2.27. The second-order valence-electron chi connectivity index (χ2n) is 5.22. The Balaban J connectivity index is 2.08. The highest BCUT2D eigenvalue weighted by atomic mass is 16.6. The number of rotatable bonds is 4. The van der Waals surface area contributed by atoms with Crippen LogP contribution in [-0.2, 0) is 14.3 Å². The molecule has 1 aromatic carbocycles. The van der Waals surface area contributed by atoms with Crippen molar-refractivity contribution in [2.24, 2.45) is 0 Å². The summed E-state index contributed by atoms with van der Waals surface area (Å²) in [5.41, 5.74) is 0.551. The fourth-order valence-corrected chi connectivity index (χ4v) is 3.03. The SMILES string of the molecule is COc1ccc2c(c1OC)C(=O)O[C@H]2N1C(=O)CC[C@@H]1C(=O)O. The lowest BCUT2D eigenvalue weighted by molar-refractivity contribution is -0.154. The van der Waals surface area contributed by atoms with E-state index < -0.39 is 24.2 Å². The number of methoxy groups -OCH3 is 2. The molecule has 2 aliphatic rings. The number of carbonyl (C=O) groups excluding carboxylic acids is 2. The standard InChI is InChI=1S/C15H15NO7/c1-21-9-5-3-7-11(12(9)22-2)15(20)23-13(7)16-8(14(18)19)4-6-10(16)17/h3,5,8,13H,4,6H2,1-2H3,(H,18,19)/t8-,13-/m1/s1. The van der Waals surface area contributed by atoms with E-state index in [4.69, 9.17) is 14.2 Å². The van der Waals surface area contributed by atoms with Gasteiger partial charge in [0.1, 0.15) is 11.6 Å². The predicted molar refractivity (Wildman–Crippen MR) is 75.2 cm³/mol. The van der Waals surface area contributed by atoms with Gasteiger partial charge >= 0.3 is 11.9 Å². The van der Waals surface area contributed by atoms with Crippen LogP contribution in [0, 0.1) is 0 Å². The molecule has 0 bridgehead atoms. The zero-order valence-corrected chi connectivity index (χ0v) is 12.6. The van der Waals surface area contributed by atoms with Crippen LogP contribution in [0.25, 0.3) is 0 Å². The molecule has 2 heterocycles. The lowest BCUT2D eigenvalue weighted by Crippen LogP contribution is -2.41. The van der Waals surface area contributed by atoms with Gasteiger partial charge < -0.3 is 19.3 Å². The first-order valence-electron chi connectivity index (χ1n) is 6.99. The topological polar surface area (TPSA) is 102 Å². The molecule has 1 fully saturated rings. The van der Waals surface area contributed by atoms with Gasteiger partial charge in [0, 0.05) is 12.0 Å². The normalized spacial score (nSPS) is 22.8. The van der Waals surface area contributed by atoms with Gasteiger partial charge in [0.2, 0.25) is 12.1 Å². The number of cyclic esters (lactones) is 1. The molecule has 1 N–H and O–H groups in total. The van der Waals surface area contributed by atoms with Crippen LogP contribution in [0.2, 0.25) is 0 Å². The first kappa shape index (κ1) is 15.1. The number of carbonyl (C=O) groups is 3. The summed E-state index contributed by atoms with van der Waals surface area (Å²) in [6.45, 7) is 0. The maximum atomic E-state index is 12.2. The van der Waals surface area contributed by atoms with Crippen molar-refractivity contribution in [1.82, 2.24) is 4.90 Å². The molecule has 0 radical (unpaired) electrons. The molecule has 8 heteroatoms. The van der Waals surface area contributed by atoms with Gasteiger partial charge in [-0.3, -0.25) is 9.69 Å². The third-order valence-electron chi connectivity index (χ3n) is 4.06. The summed E-state index contributed by atoms with van der Waals surface area (Å²) in [7, 11) is 2.83. The summed E-state index contributed by atoms with van der Waals surface area (Å²) >= 11 is 0. The van der Waals surface area contributed by atoms with Gasteiger partial charge in [-0.2, -0.15) is 0 Å². The molecular weight excluding hydrogens is 306 g/mol. The molecule has 0 aliphatic carbocycles. The molecule has 0 aromatic heterocycles. The van der Waals surface area contributed by atoms with E-state index in [-0.39, 0.29) is 30.1 Å². The Hall–Kier alpha value is -2.77. The number of ether oxygens (including phenoxy) is 3. The van der Waals surface area contributed by atoms with Crippen molar-refractivity contribution >= 4 is 17.8 Å². The number of benzene rings is 1. The Labute approximate surface area is 131 Å². The molecule has 2 atom stereocenters. The summed E-state index contributed by atoms with van der Waals surface area (Å²) in [5.74, 6) is -1.61. The van der Waals surface area contributed by atoms with Crippen molar-refractivity contribution in [3.63, 3.8) is 0 Å². The minimum Gasteiger partial charge on any atom is -0.493 e. The highest BCUT2D eigenvalue weighted by Crippen LogP contribution is 2.44. The summed E-state index contributed by atoms with van der Waals surface area (Å²) in [6, 6.07) is 2.15. The van der Waals surface area contributed by atoms with Gasteiger partial charge in [0.05, 0.1) is 14.2 Å². The Morgan fingerprint density at radius 3 is 2.65 bits per heavy atom. The van der Waals surface area contributed by atoms with Crippen LogP contribution in [-0.4, -0.2) is 48.1 Å². The highest BCUT2D eigenvalue weighted by molar-refractivity contribution is 5.99. The van der Waals surface area contributed by atoms with Crippen LogP contribution < -0.4 is 9.47 Å². The van der Waals surface area contributed by atoms with Crippen molar-refractivity contribution in [2.45, 2.75) is 25.1 Å². The zero-order valence-electron chi connectivity index (χ0n) is 12.6. The number of carboxylic acid groups (broad SMARTS) is 1. The molecule has 1 aromatic rings. The summed E-state index contributed by atoms with van der Waals surface area (Å²) in [5, 5.41) is 9.28. The fourth-order valence-electron chi connectivity index (χ4n) is 3.03. The van der Waals surface area contributed by atoms with E-state index in [1.165, 1.54) is 14.2 Å². The number of amides is 1. The maximum absolute atomic E-state index is 12.2. The Kier molecular flexibility index (Phi) is 3.59. The van der Waals surface area contributed by atoms with Crippen LogP contribution >= 0.6 is 0 Å². The van der Waals surface area contributed by atoms with Gasteiger partial charge in [0.15, 0.2) is 11.5 Å². The van der Waals surface area contributed by atoms with Crippen molar-refractivity contribution < 1.29 is 33.7 Å². The number of aliphatic carboxylic acids is 1. The average molecular weight is 321 g/mol. The third-order valence-corrected chi connectivity index (χ3v) is 4.06. The molecule has 23 heavy (non-hydrogen) atoms. The smallest absolute Gasteiger partial charge is 0.344 e. The molecule has 0 saturated carbocycles. The van der Waals surface area contributed by atoms with E-state index in [9.17, 15) is 19.5 Å². The van der Waals surface area contributed by atoms with Gasteiger partial charge in [-0.25, -0.2) is 9.59 Å². The second kappa shape index (κ2) is 5.45. The van der Waals surface area contributed by atoms with Crippen LogP contribution in [0.3, 0.4) is 0 Å². The van der Waals surface area contributed by atoms with Gasteiger partial charge in [-0.15, -0.1) is 0 Å². The quantitative estimate of drug-likeness (QED) is 0.824. The van der Waals surface area contributed by atoms with Crippen LogP contribution in [0.5, 0.6) is 11.5 Å². The lowest BCUT2D eigenvalue weighted by atomic mass is 10.1. The minimum absolute atomic E-state index is 0.105. The average Bonchev–Trinajstić information content (AvgIpc) is 3.06. The Morgan fingerprint density at radius 1 is 1.30 bits per heavy atom. The van der Waals surface area contributed by atoms with Gasteiger partial charge in [0.25, 0.3) is 0 Å². The number of hydrogen-bond donors (Lipinski definition) is 1. The molecule has 2 aliphatic heterocycles. The summed E-state index contributed by atoms with van der Waals surface area (Å²) < 4.78 is 15.6. The third kappa shape index (κ3) is 2.18. The first-order chi connectivity index (χ1) is 11.0. The number of carboxylic acids is 1. The van der Waals surface area contributed by atoms with E-state index in [1.54, 1.807) is 12.1 Å². The molecule has 122 valence electrons. The van der Waals surface area contributed by atoms with Crippen molar-refractivity contribution in [3.8, 4) is 11.5 Å². The van der Waals surface area contributed by atoms with Gasteiger partial charge in [-0.05, 0) is 18.6 Å². The van der Waals surface area contributed by atoms with Crippen LogP contribution in [0.1, 0.15) is 35.0 Å². The second-order valence-corrected chi connectivity index (χ2v) is 5.22. The van der Waals surface area contributed by atoms with Crippen LogP contribution in [0.15, 0.2) is 12.1 Å². The van der Waals surface area contributed by atoms with E-state index in [2.05, 4.69) is 0 Å². The van der Waals surface area contributed by atoms with Gasteiger partial charge in [-0.1, -0.05) is 0 Å². The molecule has 0 unspecified atom stereocenters. The maximum Gasteiger partial charge on any atom is 0.344 e. The van der Waals surface area contributed by atoms with E-state index in [0.29, 0.717) is 11.3 Å². The highest BCUT2D eigenvalue weighted by Gasteiger charge is 2.47. The molecule has 1 saturated heterocycles. The molecular formula is C15H15NO7. The number of hydrogen-bond acceptors (Lipinski definition) is 6. The van der Waals surface area contributed by atoms with Crippen molar-refractivity contribution in [3.05, 3.63) is 23.3 Å². The van der Waals surface area contributed by atoms with Crippen LogP contribution in [0.4, 0.5) is 0 Å². The summed E-state index contributed by atoms with van der Waals surface area (Å²) in [6.07, 6.45) is -0.772. The Bertz CT molecular complexity index is 699. The van der Waals surface area contributed by atoms with E-state index >= 15 is 0 Å². The van der Waals surface area contributed by atoms with Crippen molar-refractivity contribution in [1.29, 1.82) is 0 Å².